The fourth-order valence-electron chi connectivity index (χ4n) is 4.62. The van der Waals surface area contributed by atoms with Crippen molar-refractivity contribution < 1.29 is 14.7 Å². The van der Waals surface area contributed by atoms with Crippen LogP contribution in [0.1, 0.15) is 53.2 Å². The van der Waals surface area contributed by atoms with E-state index in [4.69, 9.17) is 0 Å². The number of aromatic nitrogens is 1. The zero-order valence-electron chi connectivity index (χ0n) is 17.8. The van der Waals surface area contributed by atoms with Crippen molar-refractivity contribution >= 4 is 11.8 Å². The second-order valence-electron chi connectivity index (χ2n) is 8.57. The normalized spacial score (nSPS) is 20.4. The highest BCUT2D eigenvalue weighted by Gasteiger charge is 2.30. The molecule has 0 spiro atoms. The van der Waals surface area contributed by atoms with Crippen LogP contribution in [0.3, 0.4) is 0 Å². The van der Waals surface area contributed by atoms with Crippen LogP contribution in [0.4, 0.5) is 0 Å². The highest BCUT2D eigenvalue weighted by atomic mass is 16.3. The van der Waals surface area contributed by atoms with E-state index in [1.165, 1.54) is 6.92 Å². The van der Waals surface area contributed by atoms with Crippen LogP contribution in [-0.2, 0) is 30.7 Å². The summed E-state index contributed by atoms with van der Waals surface area (Å²) in [5, 5.41) is 12.7. The predicted octanol–water partition coefficient (Wildman–Crippen LogP) is 1.64. The molecule has 2 aliphatic rings. The molecule has 2 atom stereocenters. The van der Waals surface area contributed by atoms with E-state index < -0.39 is 6.10 Å². The molecule has 0 radical (unpaired) electrons. The molecule has 1 saturated carbocycles. The van der Waals surface area contributed by atoms with Gasteiger partial charge in [0.05, 0.1) is 6.10 Å². The van der Waals surface area contributed by atoms with E-state index >= 15 is 0 Å². The molecule has 1 fully saturated rings. The van der Waals surface area contributed by atoms with E-state index in [1.54, 1.807) is 9.47 Å². The summed E-state index contributed by atoms with van der Waals surface area (Å²) in [6.45, 7) is 2.89. The lowest BCUT2D eigenvalue weighted by Crippen LogP contribution is -2.42. The number of aliphatic hydroxyl groups excluding tert-OH is 1. The summed E-state index contributed by atoms with van der Waals surface area (Å²) in [6, 6.07) is 9.79. The van der Waals surface area contributed by atoms with Crippen LogP contribution < -0.4 is 10.9 Å². The van der Waals surface area contributed by atoms with Gasteiger partial charge in [-0.15, -0.1) is 0 Å². The summed E-state index contributed by atoms with van der Waals surface area (Å²) in [7, 11) is 0. The lowest BCUT2D eigenvalue weighted by Gasteiger charge is -2.30. The van der Waals surface area contributed by atoms with Crippen molar-refractivity contribution in [2.24, 2.45) is 0 Å². The summed E-state index contributed by atoms with van der Waals surface area (Å²) >= 11 is 0. The highest BCUT2D eigenvalue weighted by molar-refractivity contribution is 5.96. The van der Waals surface area contributed by atoms with Gasteiger partial charge in [-0.3, -0.25) is 14.4 Å². The van der Waals surface area contributed by atoms with E-state index in [2.05, 4.69) is 5.32 Å². The first-order valence-corrected chi connectivity index (χ1v) is 11.0. The Hall–Kier alpha value is -2.93. The van der Waals surface area contributed by atoms with Crippen LogP contribution in [0.5, 0.6) is 0 Å². The smallest absolute Gasteiger partial charge is 0.263 e. The Morgan fingerprint density at radius 1 is 1.19 bits per heavy atom. The number of nitrogens with zero attached hydrogens (tertiary/aromatic N) is 2. The van der Waals surface area contributed by atoms with E-state index in [9.17, 15) is 19.5 Å². The minimum atomic E-state index is -0.401. The number of aliphatic hydroxyl groups is 1. The average molecular weight is 424 g/mol. The summed E-state index contributed by atoms with van der Waals surface area (Å²) < 4.78 is 1.61. The SMILES string of the molecule is CC(=O)N1CCc2c(cn(CCc3ccccc3)c(=O)c2C(=O)N[C@@H]2CC[C@H](O)C2)C1. The molecule has 7 heteroatoms. The van der Waals surface area contributed by atoms with Crippen LogP contribution in [0.15, 0.2) is 41.3 Å². The number of hydrogen-bond donors (Lipinski definition) is 2. The van der Waals surface area contributed by atoms with Crippen LogP contribution in [0, 0.1) is 0 Å². The second-order valence-corrected chi connectivity index (χ2v) is 8.57. The van der Waals surface area contributed by atoms with Gasteiger partial charge in [0.1, 0.15) is 5.56 Å². The molecule has 7 nitrogen and oxygen atoms in total. The Morgan fingerprint density at radius 3 is 2.65 bits per heavy atom. The van der Waals surface area contributed by atoms with Crippen LogP contribution in [-0.4, -0.2) is 45.1 Å². The minimum Gasteiger partial charge on any atom is -0.393 e. The molecule has 2 N–H and O–H groups in total. The maximum atomic E-state index is 13.3. The molecule has 2 heterocycles. The Bertz CT molecular complexity index is 1030. The van der Waals surface area contributed by atoms with Crippen molar-refractivity contribution in [3.05, 3.63) is 69.1 Å². The lowest BCUT2D eigenvalue weighted by atomic mass is 9.95. The zero-order chi connectivity index (χ0) is 22.0. The molecule has 0 unspecified atom stereocenters. The van der Waals surface area contributed by atoms with Crippen molar-refractivity contribution in [3.63, 3.8) is 0 Å². The van der Waals surface area contributed by atoms with Crippen molar-refractivity contribution in [2.45, 2.75) is 64.3 Å². The summed E-state index contributed by atoms with van der Waals surface area (Å²) in [5.74, 6) is -0.385. The fraction of sp³-hybridized carbons (Fsp3) is 0.458. The number of nitrogens with one attached hydrogen (secondary N) is 1. The van der Waals surface area contributed by atoms with Crippen LogP contribution >= 0.6 is 0 Å². The number of aryl methyl sites for hydroxylation is 2. The van der Waals surface area contributed by atoms with Gasteiger partial charge in [-0.05, 0) is 48.8 Å². The Balaban J connectivity index is 1.66. The van der Waals surface area contributed by atoms with E-state index in [1.807, 2.05) is 36.5 Å². The van der Waals surface area contributed by atoms with Gasteiger partial charge >= 0.3 is 0 Å². The maximum Gasteiger partial charge on any atom is 0.263 e. The van der Waals surface area contributed by atoms with Crippen molar-refractivity contribution in [3.8, 4) is 0 Å². The molecular weight excluding hydrogens is 394 g/mol. The molecule has 1 aliphatic carbocycles. The molecule has 1 aliphatic heterocycles. The Labute approximate surface area is 181 Å². The molecule has 2 amide bonds. The number of benzene rings is 1. The fourth-order valence-corrected chi connectivity index (χ4v) is 4.62. The zero-order valence-corrected chi connectivity index (χ0v) is 17.8. The summed E-state index contributed by atoms with van der Waals surface area (Å²) in [6.07, 6.45) is 4.45. The first kappa shape index (κ1) is 21.3. The van der Waals surface area contributed by atoms with Gasteiger partial charge in [-0.1, -0.05) is 30.3 Å². The van der Waals surface area contributed by atoms with Gasteiger partial charge in [0.25, 0.3) is 11.5 Å². The van der Waals surface area contributed by atoms with E-state index in [0.717, 1.165) is 16.7 Å². The summed E-state index contributed by atoms with van der Waals surface area (Å²) in [4.78, 5) is 40.1. The first-order chi connectivity index (χ1) is 14.9. The van der Waals surface area contributed by atoms with Gasteiger partial charge in [-0.2, -0.15) is 0 Å². The van der Waals surface area contributed by atoms with Crippen LogP contribution in [0.2, 0.25) is 0 Å². The number of fused-ring (bicyclic) bond motifs is 1. The van der Waals surface area contributed by atoms with E-state index in [-0.39, 0.29) is 29.0 Å². The molecule has 2 aromatic rings. The van der Waals surface area contributed by atoms with Crippen molar-refractivity contribution in [1.82, 2.24) is 14.8 Å². The lowest BCUT2D eigenvalue weighted by molar-refractivity contribution is -0.129. The monoisotopic (exact) mass is 423 g/mol. The average Bonchev–Trinajstić information content (AvgIpc) is 3.16. The van der Waals surface area contributed by atoms with Gasteiger partial charge in [0, 0.05) is 38.8 Å². The van der Waals surface area contributed by atoms with Gasteiger partial charge < -0.3 is 19.9 Å². The third kappa shape index (κ3) is 4.71. The molecular formula is C24H29N3O4. The van der Waals surface area contributed by atoms with Gasteiger partial charge in [-0.25, -0.2) is 0 Å². The minimum absolute atomic E-state index is 0.0152. The molecule has 31 heavy (non-hydrogen) atoms. The predicted molar refractivity (Wildman–Crippen MR) is 117 cm³/mol. The quantitative estimate of drug-likeness (QED) is 0.765. The molecule has 1 aromatic carbocycles. The van der Waals surface area contributed by atoms with Crippen molar-refractivity contribution in [1.29, 1.82) is 0 Å². The standard InChI is InChI=1S/C24H29N3O4/c1-16(28)26-12-10-21-18(14-26)15-27(11-9-17-5-3-2-4-6-17)24(31)22(21)23(30)25-19-7-8-20(29)13-19/h2-6,15,19-20,29H,7-14H2,1H3,(H,25,30)/t19-,20+/m1/s1. The number of amides is 2. The third-order valence-corrected chi connectivity index (χ3v) is 6.37. The molecule has 4 rings (SSSR count). The third-order valence-electron chi connectivity index (χ3n) is 6.37. The summed E-state index contributed by atoms with van der Waals surface area (Å²) in [5.41, 5.74) is 2.61. The number of pyridine rings is 1. The first-order valence-electron chi connectivity index (χ1n) is 11.0. The Morgan fingerprint density at radius 2 is 1.97 bits per heavy atom. The largest absolute Gasteiger partial charge is 0.393 e. The molecule has 0 bridgehead atoms. The number of carbonyl (C=O) groups is 2. The molecule has 164 valence electrons. The van der Waals surface area contributed by atoms with E-state index in [0.29, 0.717) is 51.7 Å². The Kier molecular flexibility index (Phi) is 6.23. The second kappa shape index (κ2) is 9.06. The molecule has 0 saturated heterocycles. The number of rotatable bonds is 5. The topological polar surface area (TPSA) is 91.6 Å². The number of carbonyl (C=O) groups excluding carboxylic acids is 2. The van der Waals surface area contributed by atoms with Gasteiger partial charge in [0.15, 0.2) is 0 Å². The van der Waals surface area contributed by atoms with Crippen LogP contribution in [0.25, 0.3) is 0 Å². The van der Waals surface area contributed by atoms with Gasteiger partial charge in [0.2, 0.25) is 5.91 Å². The number of hydrogen-bond acceptors (Lipinski definition) is 4. The van der Waals surface area contributed by atoms with Crippen molar-refractivity contribution in [2.75, 3.05) is 6.54 Å². The molecule has 1 aromatic heterocycles. The maximum absolute atomic E-state index is 13.3. The highest BCUT2D eigenvalue weighted by Crippen LogP contribution is 2.23.